The lowest BCUT2D eigenvalue weighted by molar-refractivity contribution is -0.669. The number of phenolic OH excluding ortho intramolecular Hbond substituents is 1. The summed E-state index contributed by atoms with van der Waals surface area (Å²) in [5.74, 6) is 0.889. The summed E-state index contributed by atoms with van der Waals surface area (Å²) < 4.78 is 6.93. The number of thiophene rings is 1. The first kappa shape index (κ1) is 12.7. The van der Waals surface area contributed by atoms with Crippen LogP contribution < -0.4 is 10.1 Å². The summed E-state index contributed by atoms with van der Waals surface area (Å²) in [6.07, 6.45) is 0. The van der Waals surface area contributed by atoms with Gasteiger partial charge >= 0.3 is 0 Å². The van der Waals surface area contributed by atoms with E-state index < -0.39 is 0 Å². The Balaban J connectivity index is 1.89. The summed E-state index contributed by atoms with van der Waals surface area (Å²) in [6.45, 7) is 2.41. The van der Waals surface area contributed by atoms with Crippen molar-refractivity contribution in [3.8, 4) is 22.6 Å². The zero-order valence-corrected chi connectivity index (χ0v) is 12.3. The van der Waals surface area contributed by atoms with Crippen molar-refractivity contribution in [1.82, 2.24) is 0 Å². The highest BCUT2D eigenvalue weighted by Gasteiger charge is 2.18. The van der Waals surface area contributed by atoms with Crippen LogP contribution in [0.4, 0.5) is 0 Å². The van der Waals surface area contributed by atoms with Gasteiger partial charge in [0.1, 0.15) is 19.7 Å². The highest BCUT2D eigenvalue weighted by Crippen LogP contribution is 2.40. The fourth-order valence-electron chi connectivity index (χ4n) is 2.85. The average molecular weight is 298 g/mol. The molecule has 0 spiro atoms. The van der Waals surface area contributed by atoms with E-state index in [2.05, 4.69) is 41.0 Å². The largest absolute Gasteiger partial charge is 0.504 e. The molecule has 0 fully saturated rings. The Morgan fingerprint density at radius 2 is 2.10 bits per heavy atom. The topological polar surface area (TPSA) is 46.1 Å². The molecule has 1 aliphatic rings. The van der Waals surface area contributed by atoms with Gasteiger partial charge in [-0.2, -0.15) is 0 Å². The Hall–Kier alpha value is -2.04. The molecule has 1 aliphatic heterocycles. The van der Waals surface area contributed by atoms with Gasteiger partial charge in [0.25, 0.3) is 0 Å². The molecule has 4 heteroatoms. The molecule has 0 amide bonds. The van der Waals surface area contributed by atoms with E-state index in [1.165, 1.54) is 15.6 Å². The molecular formula is C17H16NO2S+. The van der Waals surface area contributed by atoms with Gasteiger partial charge in [-0.05, 0) is 29.1 Å². The van der Waals surface area contributed by atoms with Crippen LogP contribution in [0, 0.1) is 0 Å². The van der Waals surface area contributed by atoms with Crippen molar-refractivity contribution in [3.05, 3.63) is 47.3 Å². The molecule has 2 heterocycles. The van der Waals surface area contributed by atoms with Gasteiger partial charge in [-0.15, -0.1) is 11.3 Å². The number of quaternary nitrogens is 1. The van der Waals surface area contributed by atoms with Crippen LogP contribution in [0.15, 0.2) is 41.8 Å². The second-order valence-electron chi connectivity index (χ2n) is 5.26. The number of rotatable bonds is 1. The fourth-order valence-corrected chi connectivity index (χ4v) is 3.82. The number of aromatic hydroxyl groups is 1. The molecule has 3 aromatic rings. The van der Waals surface area contributed by atoms with E-state index in [4.69, 9.17) is 4.74 Å². The molecule has 0 radical (unpaired) electrons. The minimum atomic E-state index is 0.244. The molecule has 0 saturated carbocycles. The van der Waals surface area contributed by atoms with Gasteiger partial charge in [0, 0.05) is 15.6 Å². The third-order valence-corrected chi connectivity index (χ3v) is 4.83. The fraction of sp³-hybridized carbons (Fsp3) is 0.176. The Bertz CT molecular complexity index is 810. The van der Waals surface area contributed by atoms with E-state index >= 15 is 0 Å². The first-order valence-electron chi connectivity index (χ1n) is 7.10. The second kappa shape index (κ2) is 5.06. The van der Waals surface area contributed by atoms with E-state index in [9.17, 15) is 5.11 Å². The second-order valence-corrected chi connectivity index (χ2v) is 6.17. The summed E-state index contributed by atoms with van der Waals surface area (Å²) in [6, 6.07) is 12.3. The molecule has 0 atom stereocenters. The third-order valence-electron chi connectivity index (χ3n) is 3.87. The van der Waals surface area contributed by atoms with Crippen LogP contribution in [-0.2, 0) is 6.54 Å². The maximum absolute atomic E-state index is 10.3. The van der Waals surface area contributed by atoms with Crippen LogP contribution in [0.2, 0.25) is 0 Å². The molecule has 0 saturated heterocycles. The molecule has 3 nitrogen and oxygen atoms in total. The predicted octanol–water partition coefficient (Wildman–Crippen LogP) is 2.73. The van der Waals surface area contributed by atoms with Crippen molar-refractivity contribution in [3.63, 3.8) is 0 Å². The van der Waals surface area contributed by atoms with E-state index in [1.807, 2.05) is 6.07 Å². The Morgan fingerprint density at radius 3 is 3.05 bits per heavy atom. The van der Waals surface area contributed by atoms with Gasteiger partial charge in [0.15, 0.2) is 11.5 Å². The average Bonchev–Trinajstić information content (AvgIpc) is 2.78. The van der Waals surface area contributed by atoms with Gasteiger partial charge in [0.05, 0.1) is 5.56 Å². The van der Waals surface area contributed by atoms with Crippen LogP contribution in [0.3, 0.4) is 0 Å². The van der Waals surface area contributed by atoms with Crippen molar-refractivity contribution in [2.45, 2.75) is 6.54 Å². The number of fused-ring (bicyclic) bond motifs is 2. The number of hydrogen-bond donors (Lipinski definition) is 2. The highest BCUT2D eigenvalue weighted by atomic mass is 32.1. The molecule has 3 N–H and O–H groups in total. The van der Waals surface area contributed by atoms with Gasteiger partial charge in [-0.3, -0.25) is 0 Å². The maximum atomic E-state index is 10.3. The molecule has 1 aromatic heterocycles. The minimum Gasteiger partial charge on any atom is -0.504 e. The van der Waals surface area contributed by atoms with Crippen molar-refractivity contribution < 1.29 is 15.2 Å². The number of benzene rings is 2. The molecule has 2 aromatic carbocycles. The lowest BCUT2D eigenvalue weighted by Crippen LogP contribution is -2.83. The van der Waals surface area contributed by atoms with Crippen LogP contribution in [-0.4, -0.2) is 18.3 Å². The molecule has 0 aliphatic carbocycles. The minimum absolute atomic E-state index is 0.244. The van der Waals surface area contributed by atoms with Gasteiger partial charge in [0.2, 0.25) is 0 Å². The van der Waals surface area contributed by atoms with Gasteiger partial charge in [-0.1, -0.05) is 18.2 Å². The number of phenols is 1. The standard InChI is InChI=1S/C17H15NO2S/c19-15-8-11(7-12-9-18-5-6-20-17(12)15)14-10-21-16-4-2-1-3-13(14)16/h1-4,7-8,10,18-19H,5-6,9H2/p+1. The molecule has 4 rings (SSSR count). The van der Waals surface area contributed by atoms with Crippen molar-refractivity contribution in [2.75, 3.05) is 13.2 Å². The molecule has 106 valence electrons. The lowest BCUT2D eigenvalue weighted by atomic mass is 10.0. The zero-order valence-electron chi connectivity index (χ0n) is 11.5. The Kier molecular flexibility index (Phi) is 3.05. The van der Waals surface area contributed by atoms with E-state index in [0.717, 1.165) is 24.2 Å². The van der Waals surface area contributed by atoms with Crippen molar-refractivity contribution in [2.24, 2.45) is 0 Å². The van der Waals surface area contributed by atoms with E-state index in [-0.39, 0.29) is 5.75 Å². The molecule has 0 bridgehead atoms. The van der Waals surface area contributed by atoms with Crippen molar-refractivity contribution >= 4 is 21.4 Å². The summed E-state index contributed by atoms with van der Waals surface area (Å²) in [5, 5.41) is 15.9. The molecule has 0 unspecified atom stereocenters. The van der Waals surface area contributed by atoms with Crippen LogP contribution in [0.1, 0.15) is 5.56 Å². The number of ether oxygens (including phenoxy) is 1. The Morgan fingerprint density at radius 1 is 1.19 bits per heavy atom. The normalized spacial score (nSPS) is 14.5. The summed E-state index contributed by atoms with van der Waals surface area (Å²) in [7, 11) is 0. The van der Waals surface area contributed by atoms with Crippen molar-refractivity contribution in [1.29, 1.82) is 0 Å². The van der Waals surface area contributed by atoms with Crippen LogP contribution >= 0.6 is 11.3 Å². The summed E-state index contributed by atoms with van der Waals surface area (Å²) in [4.78, 5) is 0. The van der Waals surface area contributed by atoms with Gasteiger partial charge < -0.3 is 15.2 Å². The SMILES string of the molecule is Oc1cc(-c2csc3ccccc23)cc2c1OCC[NH2+]C2. The number of hydrogen-bond acceptors (Lipinski definition) is 3. The smallest absolute Gasteiger partial charge is 0.170 e. The van der Waals surface area contributed by atoms with Crippen LogP contribution in [0.25, 0.3) is 21.2 Å². The number of nitrogens with two attached hydrogens (primary N) is 1. The molecule has 21 heavy (non-hydrogen) atoms. The van der Waals surface area contributed by atoms with E-state index in [0.29, 0.717) is 12.4 Å². The first-order chi connectivity index (χ1) is 10.3. The molecular weight excluding hydrogens is 282 g/mol. The highest BCUT2D eigenvalue weighted by molar-refractivity contribution is 7.17. The first-order valence-corrected chi connectivity index (χ1v) is 7.98. The van der Waals surface area contributed by atoms with E-state index in [1.54, 1.807) is 11.3 Å². The third kappa shape index (κ3) is 2.17. The van der Waals surface area contributed by atoms with Crippen LogP contribution in [0.5, 0.6) is 11.5 Å². The predicted molar refractivity (Wildman–Crippen MR) is 84.9 cm³/mol. The van der Waals surface area contributed by atoms with Gasteiger partial charge in [-0.25, -0.2) is 0 Å². The zero-order chi connectivity index (χ0) is 14.2. The lowest BCUT2D eigenvalue weighted by Gasteiger charge is -2.10. The monoisotopic (exact) mass is 298 g/mol. The summed E-state index contributed by atoms with van der Waals surface area (Å²) >= 11 is 1.74. The quantitative estimate of drug-likeness (QED) is 0.725. The maximum Gasteiger partial charge on any atom is 0.170 e. The summed E-state index contributed by atoms with van der Waals surface area (Å²) in [5.41, 5.74) is 3.30. The Labute approximate surface area is 126 Å².